The van der Waals surface area contributed by atoms with Gasteiger partial charge in [-0.15, -0.1) is 0 Å². The van der Waals surface area contributed by atoms with Crippen LogP contribution >= 0.6 is 0 Å². The van der Waals surface area contributed by atoms with Gasteiger partial charge in [-0.1, -0.05) is 0 Å². The molecule has 7 heteroatoms. The predicted molar refractivity (Wildman–Crippen MR) is 90.2 cm³/mol. The smallest absolute Gasteiger partial charge is 0.253 e. The Balaban J connectivity index is 1.65. The van der Waals surface area contributed by atoms with E-state index < -0.39 is 0 Å². The molecule has 126 valence electrons. The van der Waals surface area contributed by atoms with Crippen molar-refractivity contribution >= 4 is 11.9 Å². The minimum atomic E-state index is -0.191. The first kappa shape index (κ1) is 16.2. The Morgan fingerprint density at radius 1 is 1.29 bits per heavy atom. The molecular formula is C17H21N5O2. The van der Waals surface area contributed by atoms with E-state index in [1.54, 1.807) is 12.1 Å². The number of rotatable bonds is 5. The normalized spacial score (nSPS) is 13.8. The molecule has 3 rings (SSSR count). The van der Waals surface area contributed by atoms with Crippen molar-refractivity contribution in [2.45, 2.75) is 26.3 Å². The molecule has 1 aliphatic heterocycles. The van der Waals surface area contributed by atoms with E-state index in [1.165, 1.54) is 26.1 Å². The SMILES string of the molecule is COc1ccc(C(=O)NCc2cc(C)nc(N3CCCC3)n2)cn1. The minimum absolute atomic E-state index is 0.191. The van der Waals surface area contributed by atoms with Crippen LogP contribution < -0.4 is 15.0 Å². The first-order valence-electron chi connectivity index (χ1n) is 8.03. The summed E-state index contributed by atoms with van der Waals surface area (Å²) in [5.74, 6) is 1.04. The molecular weight excluding hydrogens is 306 g/mol. The molecule has 0 spiro atoms. The zero-order chi connectivity index (χ0) is 16.9. The molecule has 1 fully saturated rings. The Morgan fingerprint density at radius 3 is 2.75 bits per heavy atom. The number of aromatic nitrogens is 3. The fourth-order valence-corrected chi connectivity index (χ4v) is 2.67. The number of carbonyl (C=O) groups is 1. The molecule has 3 heterocycles. The lowest BCUT2D eigenvalue weighted by Gasteiger charge is -2.16. The van der Waals surface area contributed by atoms with Crippen LogP contribution in [0.3, 0.4) is 0 Å². The number of amides is 1. The summed E-state index contributed by atoms with van der Waals surface area (Å²) >= 11 is 0. The molecule has 7 nitrogen and oxygen atoms in total. The molecule has 2 aromatic rings. The van der Waals surface area contributed by atoms with Crippen molar-refractivity contribution in [3.63, 3.8) is 0 Å². The third kappa shape index (κ3) is 3.79. The topological polar surface area (TPSA) is 80.2 Å². The van der Waals surface area contributed by atoms with Gasteiger partial charge >= 0.3 is 0 Å². The van der Waals surface area contributed by atoms with E-state index in [2.05, 4.69) is 25.2 Å². The Labute approximate surface area is 141 Å². The van der Waals surface area contributed by atoms with Gasteiger partial charge in [0.1, 0.15) is 0 Å². The molecule has 0 bridgehead atoms. The number of pyridine rings is 1. The number of nitrogens with zero attached hydrogens (tertiary/aromatic N) is 4. The lowest BCUT2D eigenvalue weighted by molar-refractivity contribution is 0.0950. The number of anilines is 1. The van der Waals surface area contributed by atoms with Crippen LogP contribution in [0, 0.1) is 6.92 Å². The number of hydrogen-bond acceptors (Lipinski definition) is 6. The fourth-order valence-electron chi connectivity index (χ4n) is 2.67. The summed E-state index contributed by atoms with van der Waals surface area (Å²) in [5.41, 5.74) is 2.20. The summed E-state index contributed by atoms with van der Waals surface area (Å²) in [6, 6.07) is 5.24. The van der Waals surface area contributed by atoms with E-state index in [1.807, 2.05) is 13.0 Å². The van der Waals surface area contributed by atoms with Crippen molar-refractivity contribution in [3.05, 3.63) is 41.3 Å². The average Bonchev–Trinajstić information content (AvgIpc) is 3.14. The van der Waals surface area contributed by atoms with E-state index in [-0.39, 0.29) is 5.91 Å². The Bertz CT molecular complexity index is 711. The third-order valence-corrected chi connectivity index (χ3v) is 3.92. The van der Waals surface area contributed by atoms with Crippen LogP contribution in [0.2, 0.25) is 0 Å². The van der Waals surface area contributed by atoms with E-state index in [9.17, 15) is 4.79 Å². The standard InChI is InChI=1S/C17H21N5O2/c1-12-9-14(21-17(20-12)22-7-3-4-8-22)11-19-16(23)13-5-6-15(24-2)18-10-13/h5-6,9-10H,3-4,7-8,11H2,1-2H3,(H,19,23). The highest BCUT2D eigenvalue weighted by Gasteiger charge is 2.16. The zero-order valence-corrected chi connectivity index (χ0v) is 14.0. The van der Waals surface area contributed by atoms with E-state index in [0.29, 0.717) is 18.0 Å². The average molecular weight is 327 g/mol. The molecule has 0 unspecified atom stereocenters. The van der Waals surface area contributed by atoms with Gasteiger partial charge in [0.2, 0.25) is 11.8 Å². The Hall–Kier alpha value is -2.70. The third-order valence-electron chi connectivity index (χ3n) is 3.92. The molecule has 0 radical (unpaired) electrons. The van der Waals surface area contributed by atoms with Crippen LogP contribution in [0.5, 0.6) is 5.88 Å². The van der Waals surface area contributed by atoms with Gasteiger partial charge in [-0.2, -0.15) is 0 Å². The van der Waals surface area contributed by atoms with E-state index in [4.69, 9.17) is 4.74 Å². The second-order valence-electron chi connectivity index (χ2n) is 5.77. The molecule has 2 aromatic heterocycles. The molecule has 24 heavy (non-hydrogen) atoms. The maximum atomic E-state index is 12.2. The number of methoxy groups -OCH3 is 1. The van der Waals surface area contributed by atoms with Gasteiger partial charge in [-0.05, 0) is 31.9 Å². The van der Waals surface area contributed by atoms with Gasteiger partial charge in [0, 0.05) is 31.0 Å². The van der Waals surface area contributed by atoms with Gasteiger partial charge in [0.05, 0.1) is 24.9 Å². The van der Waals surface area contributed by atoms with Crippen LogP contribution in [0.4, 0.5) is 5.95 Å². The van der Waals surface area contributed by atoms with Crippen LogP contribution in [-0.4, -0.2) is 41.1 Å². The molecule has 1 saturated heterocycles. The van der Waals surface area contributed by atoms with Gasteiger partial charge in [0.25, 0.3) is 5.91 Å². The second-order valence-corrected chi connectivity index (χ2v) is 5.77. The number of hydrogen-bond donors (Lipinski definition) is 1. The van der Waals surface area contributed by atoms with Crippen LogP contribution in [0.25, 0.3) is 0 Å². The number of carbonyl (C=O) groups excluding carboxylic acids is 1. The number of nitrogens with one attached hydrogen (secondary N) is 1. The van der Waals surface area contributed by atoms with Gasteiger partial charge in [0.15, 0.2) is 0 Å². The molecule has 0 aliphatic carbocycles. The summed E-state index contributed by atoms with van der Waals surface area (Å²) in [6.45, 7) is 4.29. The summed E-state index contributed by atoms with van der Waals surface area (Å²) in [4.78, 5) is 27.5. The first-order valence-corrected chi connectivity index (χ1v) is 8.03. The van der Waals surface area contributed by atoms with Crippen molar-refractivity contribution in [1.29, 1.82) is 0 Å². The molecule has 0 atom stereocenters. The van der Waals surface area contributed by atoms with Crippen molar-refractivity contribution < 1.29 is 9.53 Å². The molecule has 0 saturated carbocycles. The highest BCUT2D eigenvalue weighted by atomic mass is 16.5. The van der Waals surface area contributed by atoms with Crippen molar-refractivity contribution in [2.75, 3.05) is 25.1 Å². The molecule has 1 aliphatic rings. The highest BCUT2D eigenvalue weighted by molar-refractivity contribution is 5.93. The fraction of sp³-hybridized carbons (Fsp3) is 0.412. The molecule has 1 amide bonds. The predicted octanol–water partition coefficient (Wildman–Crippen LogP) is 1.72. The second kappa shape index (κ2) is 7.25. The summed E-state index contributed by atoms with van der Waals surface area (Å²) in [7, 11) is 1.54. The van der Waals surface area contributed by atoms with E-state index in [0.717, 1.165) is 30.4 Å². The van der Waals surface area contributed by atoms with Crippen LogP contribution in [-0.2, 0) is 6.54 Å². The van der Waals surface area contributed by atoms with Crippen LogP contribution in [0.15, 0.2) is 24.4 Å². The maximum Gasteiger partial charge on any atom is 0.253 e. The summed E-state index contributed by atoms with van der Waals surface area (Å²) in [5, 5.41) is 2.87. The highest BCUT2D eigenvalue weighted by Crippen LogP contribution is 2.16. The van der Waals surface area contributed by atoms with Gasteiger partial charge in [-0.3, -0.25) is 4.79 Å². The first-order chi connectivity index (χ1) is 11.7. The minimum Gasteiger partial charge on any atom is -0.481 e. The Kier molecular flexibility index (Phi) is 4.88. The lowest BCUT2D eigenvalue weighted by atomic mass is 10.2. The summed E-state index contributed by atoms with van der Waals surface area (Å²) in [6.07, 6.45) is 3.84. The number of ether oxygens (including phenoxy) is 1. The number of aryl methyl sites for hydroxylation is 1. The van der Waals surface area contributed by atoms with Crippen molar-refractivity contribution in [1.82, 2.24) is 20.3 Å². The van der Waals surface area contributed by atoms with E-state index >= 15 is 0 Å². The van der Waals surface area contributed by atoms with Crippen LogP contribution in [0.1, 0.15) is 34.6 Å². The quantitative estimate of drug-likeness (QED) is 0.901. The summed E-state index contributed by atoms with van der Waals surface area (Å²) < 4.78 is 4.99. The van der Waals surface area contributed by atoms with Gasteiger partial charge in [-0.25, -0.2) is 15.0 Å². The zero-order valence-electron chi connectivity index (χ0n) is 14.0. The lowest BCUT2D eigenvalue weighted by Crippen LogP contribution is -2.25. The van der Waals surface area contributed by atoms with Crippen molar-refractivity contribution in [3.8, 4) is 5.88 Å². The Morgan fingerprint density at radius 2 is 2.08 bits per heavy atom. The van der Waals surface area contributed by atoms with Gasteiger partial charge < -0.3 is 15.0 Å². The monoisotopic (exact) mass is 327 g/mol. The van der Waals surface area contributed by atoms with Crippen molar-refractivity contribution in [2.24, 2.45) is 0 Å². The largest absolute Gasteiger partial charge is 0.481 e. The molecule has 0 aromatic carbocycles. The molecule has 1 N–H and O–H groups in total. The maximum absolute atomic E-state index is 12.2.